The van der Waals surface area contributed by atoms with Gasteiger partial charge in [0.15, 0.2) is 20.3 Å². The van der Waals surface area contributed by atoms with Crippen LogP contribution in [0, 0.1) is 17.6 Å². The Balaban J connectivity index is 2.26. The van der Waals surface area contributed by atoms with Gasteiger partial charge in [0, 0.05) is 6.07 Å². The molecule has 0 radical (unpaired) electrons. The normalized spacial score (nSPS) is 10.8. The van der Waals surface area contributed by atoms with Crippen LogP contribution in [0.15, 0.2) is 19.8 Å². The third-order valence-electron chi connectivity index (χ3n) is 1.60. The predicted molar refractivity (Wildman–Crippen MR) is 59.9 cm³/mol. The molecule has 0 fully saturated rings. The van der Waals surface area contributed by atoms with Gasteiger partial charge in [-0.05, 0) is 18.0 Å². The maximum absolute atomic E-state index is 13.3. The molecule has 0 atom stereocenters. The van der Waals surface area contributed by atoms with Crippen LogP contribution in [0.1, 0.15) is 0 Å². The molecule has 2 rings (SSSR count). The zero-order valence-electron chi connectivity index (χ0n) is 8.28. The second-order valence-electron chi connectivity index (χ2n) is 2.69. The van der Waals surface area contributed by atoms with Crippen LogP contribution in [0.3, 0.4) is 0 Å². The van der Waals surface area contributed by atoms with Crippen LogP contribution in [0.5, 0.6) is 0 Å². The fraction of sp³-hybridized carbons (Fsp3) is 0.125. The van der Waals surface area contributed by atoms with Gasteiger partial charge in [0.2, 0.25) is 5.95 Å². The Morgan fingerprint density at radius 2 is 1.82 bits per heavy atom. The van der Waals surface area contributed by atoms with E-state index in [-0.39, 0.29) is 5.03 Å². The van der Waals surface area contributed by atoms with E-state index in [9.17, 15) is 13.2 Å². The number of aromatic nitrogens is 3. The molecule has 90 valence electrons. The van der Waals surface area contributed by atoms with E-state index in [0.717, 1.165) is 11.8 Å². The molecule has 0 saturated heterocycles. The van der Waals surface area contributed by atoms with Crippen molar-refractivity contribution in [3.8, 4) is 0 Å². The third kappa shape index (κ3) is 2.90. The molecule has 2 heterocycles. The third-order valence-corrected chi connectivity index (χ3v) is 4.53. The van der Waals surface area contributed by atoms with Gasteiger partial charge in [0.25, 0.3) is 0 Å². The van der Waals surface area contributed by atoms with Crippen molar-refractivity contribution in [2.75, 3.05) is 6.26 Å². The monoisotopic (exact) mass is 295 g/mol. The molecule has 2 aromatic rings. The number of thioether (sulfide) groups is 1. The maximum Gasteiger partial charge on any atom is 0.250 e. The molecule has 17 heavy (non-hydrogen) atoms. The molecular weight excluding hydrogens is 291 g/mol. The summed E-state index contributed by atoms with van der Waals surface area (Å²) in [6.07, 6.45) is 1.82. The maximum atomic E-state index is 13.3. The Labute approximate surface area is 107 Å². The topological polar surface area (TPSA) is 38.7 Å². The number of hydrogen-bond donors (Lipinski definition) is 0. The van der Waals surface area contributed by atoms with Gasteiger partial charge >= 0.3 is 0 Å². The first-order valence-electron chi connectivity index (χ1n) is 4.17. The van der Waals surface area contributed by atoms with Gasteiger partial charge in [-0.25, -0.2) is 13.8 Å². The molecule has 0 amide bonds. The van der Waals surface area contributed by atoms with Gasteiger partial charge in [-0.1, -0.05) is 23.1 Å². The number of rotatable bonds is 3. The highest BCUT2D eigenvalue weighted by atomic mass is 32.2. The van der Waals surface area contributed by atoms with E-state index >= 15 is 0 Å². The molecule has 0 bridgehead atoms. The van der Waals surface area contributed by atoms with Crippen molar-refractivity contribution in [3.63, 3.8) is 0 Å². The lowest BCUT2D eigenvalue weighted by molar-refractivity contribution is 0.448. The Kier molecular flexibility index (Phi) is 3.89. The Hall–Kier alpha value is -0.800. The molecule has 2 aromatic heterocycles. The summed E-state index contributed by atoms with van der Waals surface area (Å²) in [6.45, 7) is 0. The van der Waals surface area contributed by atoms with Gasteiger partial charge in [0.05, 0.1) is 0 Å². The molecule has 0 aliphatic heterocycles. The highest BCUT2D eigenvalue weighted by molar-refractivity contribution is 8.02. The minimum absolute atomic E-state index is 0.257. The summed E-state index contributed by atoms with van der Waals surface area (Å²) < 4.78 is 39.9. The lowest BCUT2D eigenvalue weighted by atomic mass is 10.4. The zero-order chi connectivity index (χ0) is 12.4. The van der Waals surface area contributed by atoms with Gasteiger partial charge in [-0.3, -0.25) is 0 Å². The van der Waals surface area contributed by atoms with E-state index in [1.54, 1.807) is 0 Å². The van der Waals surface area contributed by atoms with Crippen molar-refractivity contribution < 1.29 is 13.2 Å². The Bertz CT molecular complexity index is 546. The molecule has 0 N–H and O–H groups in total. The van der Waals surface area contributed by atoms with Crippen LogP contribution >= 0.6 is 34.9 Å². The highest BCUT2D eigenvalue weighted by Gasteiger charge is 2.15. The Morgan fingerprint density at radius 3 is 2.47 bits per heavy atom. The van der Waals surface area contributed by atoms with Crippen molar-refractivity contribution in [1.29, 1.82) is 0 Å². The van der Waals surface area contributed by atoms with Crippen molar-refractivity contribution in [3.05, 3.63) is 23.6 Å². The lowest BCUT2D eigenvalue weighted by Crippen LogP contribution is -1.95. The summed E-state index contributed by atoms with van der Waals surface area (Å²) in [5, 5.41) is 7.30. The van der Waals surface area contributed by atoms with E-state index in [0.29, 0.717) is 14.7 Å². The van der Waals surface area contributed by atoms with E-state index in [1.807, 2.05) is 6.26 Å². The van der Waals surface area contributed by atoms with Crippen molar-refractivity contribution in [1.82, 2.24) is 15.2 Å². The predicted octanol–water partition coefficient (Wildman–Crippen LogP) is 3.22. The molecule has 3 nitrogen and oxygen atoms in total. The van der Waals surface area contributed by atoms with Crippen LogP contribution < -0.4 is 0 Å². The SMILES string of the molecule is CSc1nnc(Sc2nc(F)c(F)cc2F)s1. The van der Waals surface area contributed by atoms with Crippen LogP contribution in [-0.2, 0) is 0 Å². The quantitative estimate of drug-likeness (QED) is 0.642. The summed E-state index contributed by atoms with van der Waals surface area (Å²) in [5.74, 6) is -3.56. The number of halogens is 3. The molecule has 0 aromatic carbocycles. The first kappa shape index (κ1) is 12.7. The minimum atomic E-state index is -1.33. The van der Waals surface area contributed by atoms with Gasteiger partial charge < -0.3 is 0 Å². The number of hydrogen-bond acceptors (Lipinski definition) is 6. The van der Waals surface area contributed by atoms with Crippen molar-refractivity contribution in [2.45, 2.75) is 13.7 Å². The summed E-state index contributed by atoms with van der Waals surface area (Å²) in [4.78, 5) is 3.18. The molecular formula is C8H4F3N3S3. The fourth-order valence-electron chi connectivity index (χ4n) is 0.904. The van der Waals surface area contributed by atoms with E-state index in [2.05, 4.69) is 15.2 Å². The van der Waals surface area contributed by atoms with Crippen LogP contribution in [0.2, 0.25) is 0 Å². The van der Waals surface area contributed by atoms with Crippen molar-refractivity contribution >= 4 is 34.9 Å². The number of nitrogens with zero attached hydrogens (tertiary/aromatic N) is 3. The van der Waals surface area contributed by atoms with E-state index in [4.69, 9.17) is 0 Å². The van der Waals surface area contributed by atoms with Gasteiger partial charge in [-0.2, -0.15) is 4.39 Å². The molecule has 0 unspecified atom stereocenters. The molecule has 0 aliphatic rings. The minimum Gasteiger partial charge on any atom is -0.207 e. The first-order valence-corrected chi connectivity index (χ1v) is 7.03. The van der Waals surface area contributed by atoms with E-state index < -0.39 is 17.6 Å². The lowest BCUT2D eigenvalue weighted by Gasteiger charge is -1.99. The van der Waals surface area contributed by atoms with Gasteiger partial charge in [0.1, 0.15) is 5.03 Å². The average Bonchev–Trinajstić information content (AvgIpc) is 2.73. The van der Waals surface area contributed by atoms with Gasteiger partial charge in [-0.15, -0.1) is 10.2 Å². The first-order chi connectivity index (χ1) is 8.10. The van der Waals surface area contributed by atoms with E-state index in [1.165, 1.54) is 23.1 Å². The largest absolute Gasteiger partial charge is 0.250 e. The molecule has 9 heteroatoms. The summed E-state index contributed by atoms with van der Waals surface area (Å²) in [5.41, 5.74) is 0. The summed E-state index contributed by atoms with van der Waals surface area (Å²) in [7, 11) is 0. The Morgan fingerprint density at radius 1 is 1.12 bits per heavy atom. The highest BCUT2D eigenvalue weighted by Crippen LogP contribution is 2.33. The standard InChI is InChI=1S/C8H4F3N3S3/c1-15-7-13-14-8(17-7)16-6-4(10)2-3(9)5(11)12-6/h2H,1H3. The van der Waals surface area contributed by atoms with Crippen LogP contribution in [0.25, 0.3) is 0 Å². The molecule has 0 saturated carbocycles. The number of pyridine rings is 1. The van der Waals surface area contributed by atoms with Crippen molar-refractivity contribution in [2.24, 2.45) is 0 Å². The molecule has 0 aliphatic carbocycles. The smallest absolute Gasteiger partial charge is 0.207 e. The summed E-state index contributed by atoms with van der Waals surface area (Å²) in [6, 6.07) is 0.460. The average molecular weight is 295 g/mol. The second-order valence-corrected chi connectivity index (χ2v) is 5.95. The fourth-order valence-corrected chi connectivity index (χ4v) is 3.24. The van der Waals surface area contributed by atoms with Crippen LogP contribution in [-0.4, -0.2) is 21.4 Å². The van der Waals surface area contributed by atoms with Crippen LogP contribution in [0.4, 0.5) is 13.2 Å². The second kappa shape index (κ2) is 5.23. The zero-order valence-corrected chi connectivity index (χ0v) is 10.7. The summed E-state index contributed by atoms with van der Waals surface area (Å²) >= 11 is 3.43. The molecule has 0 spiro atoms.